The summed E-state index contributed by atoms with van der Waals surface area (Å²) in [5, 5.41) is 3.95. The molecule has 23 heavy (non-hydrogen) atoms. The summed E-state index contributed by atoms with van der Waals surface area (Å²) < 4.78 is 5.19. The van der Waals surface area contributed by atoms with Crippen molar-refractivity contribution in [3.63, 3.8) is 0 Å². The predicted octanol–water partition coefficient (Wildman–Crippen LogP) is 2.05. The fourth-order valence-electron chi connectivity index (χ4n) is 3.17. The average molecular weight is 313 g/mol. The second-order valence-electron chi connectivity index (χ2n) is 5.84. The third kappa shape index (κ3) is 2.72. The molecule has 1 saturated heterocycles. The second-order valence-corrected chi connectivity index (χ2v) is 5.84. The topological polar surface area (TPSA) is 89.4 Å². The van der Waals surface area contributed by atoms with Gasteiger partial charge in [-0.3, -0.25) is 9.59 Å². The molecular weight excluding hydrogens is 294 g/mol. The standard InChI is InChI=1S/C17H19N3O3/c1-10-15(11(2)23-19-10)12-5-3-6-13(9-12)17(22)20-8-4-7-14(20)16(18)21/h3,5-6,9,14H,4,7-8H2,1-2H3,(H2,18,21)/t14-/m0/s1. The number of carbonyl (C=O) groups is 2. The van der Waals surface area contributed by atoms with Crippen LogP contribution in [-0.2, 0) is 4.79 Å². The number of likely N-dealkylation sites (tertiary alicyclic amines) is 1. The molecule has 0 aliphatic carbocycles. The maximum absolute atomic E-state index is 12.7. The summed E-state index contributed by atoms with van der Waals surface area (Å²) in [5.74, 6) is 0.0981. The minimum atomic E-state index is -0.509. The molecule has 2 heterocycles. The van der Waals surface area contributed by atoms with Gasteiger partial charge >= 0.3 is 0 Å². The highest BCUT2D eigenvalue weighted by Crippen LogP contribution is 2.28. The molecule has 6 nitrogen and oxygen atoms in total. The van der Waals surface area contributed by atoms with Gasteiger partial charge in [0.25, 0.3) is 5.91 Å². The molecule has 2 amide bonds. The van der Waals surface area contributed by atoms with Gasteiger partial charge in [0.1, 0.15) is 11.8 Å². The van der Waals surface area contributed by atoms with Crippen LogP contribution in [-0.4, -0.2) is 34.5 Å². The first kappa shape index (κ1) is 15.3. The van der Waals surface area contributed by atoms with Gasteiger partial charge in [0.2, 0.25) is 5.91 Å². The third-order valence-corrected chi connectivity index (χ3v) is 4.27. The van der Waals surface area contributed by atoms with Gasteiger partial charge in [-0.15, -0.1) is 0 Å². The Kier molecular flexibility index (Phi) is 3.90. The molecule has 120 valence electrons. The van der Waals surface area contributed by atoms with E-state index in [2.05, 4.69) is 5.16 Å². The summed E-state index contributed by atoms with van der Waals surface area (Å²) in [4.78, 5) is 25.8. The molecule has 1 aliphatic rings. The Balaban J connectivity index is 1.94. The minimum absolute atomic E-state index is 0.167. The molecule has 0 unspecified atom stereocenters. The monoisotopic (exact) mass is 313 g/mol. The van der Waals surface area contributed by atoms with Crippen LogP contribution in [0.25, 0.3) is 11.1 Å². The fourth-order valence-corrected chi connectivity index (χ4v) is 3.17. The van der Waals surface area contributed by atoms with E-state index in [1.807, 2.05) is 32.0 Å². The van der Waals surface area contributed by atoms with E-state index in [0.29, 0.717) is 24.3 Å². The van der Waals surface area contributed by atoms with Crippen LogP contribution >= 0.6 is 0 Å². The number of nitrogens with zero attached hydrogens (tertiary/aromatic N) is 2. The van der Waals surface area contributed by atoms with Crippen molar-refractivity contribution in [3.05, 3.63) is 41.3 Å². The van der Waals surface area contributed by atoms with Crippen molar-refractivity contribution in [1.29, 1.82) is 0 Å². The van der Waals surface area contributed by atoms with Gasteiger partial charge in [0, 0.05) is 17.7 Å². The van der Waals surface area contributed by atoms with Crippen molar-refractivity contribution in [2.24, 2.45) is 5.73 Å². The van der Waals surface area contributed by atoms with Crippen molar-refractivity contribution in [2.75, 3.05) is 6.54 Å². The highest BCUT2D eigenvalue weighted by Gasteiger charge is 2.33. The SMILES string of the molecule is Cc1noc(C)c1-c1cccc(C(=O)N2CCC[C@H]2C(N)=O)c1. The first-order valence-electron chi connectivity index (χ1n) is 7.62. The molecule has 1 aromatic carbocycles. The molecule has 2 N–H and O–H groups in total. The van der Waals surface area contributed by atoms with Gasteiger partial charge in [-0.2, -0.15) is 0 Å². The van der Waals surface area contributed by atoms with E-state index in [1.54, 1.807) is 11.0 Å². The molecule has 1 fully saturated rings. The number of nitrogens with two attached hydrogens (primary N) is 1. The van der Waals surface area contributed by atoms with E-state index in [0.717, 1.165) is 23.2 Å². The number of hydrogen-bond donors (Lipinski definition) is 1. The largest absolute Gasteiger partial charge is 0.368 e. The number of rotatable bonds is 3. The molecule has 6 heteroatoms. The van der Waals surface area contributed by atoms with E-state index in [9.17, 15) is 9.59 Å². The highest BCUT2D eigenvalue weighted by molar-refractivity contribution is 5.98. The minimum Gasteiger partial charge on any atom is -0.368 e. The zero-order valence-electron chi connectivity index (χ0n) is 13.2. The van der Waals surface area contributed by atoms with Crippen molar-refractivity contribution >= 4 is 11.8 Å². The summed E-state index contributed by atoms with van der Waals surface area (Å²) in [6.45, 7) is 4.26. The summed E-state index contributed by atoms with van der Waals surface area (Å²) >= 11 is 0. The first-order chi connectivity index (χ1) is 11.0. The summed E-state index contributed by atoms with van der Waals surface area (Å²) in [7, 11) is 0. The third-order valence-electron chi connectivity index (χ3n) is 4.27. The van der Waals surface area contributed by atoms with Crippen LogP contribution in [0.1, 0.15) is 34.7 Å². The lowest BCUT2D eigenvalue weighted by Gasteiger charge is -2.22. The lowest BCUT2D eigenvalue weighted by atomic mass is 10.0. The average Bonchev–Trinajstić information content (AvgIpc) is 3.14. The molecule has 1 aromatic heterocycles. The van der Waals surface area contributed by atoms with E-state index in [1.165, 1.54) is 0 Å². The zero-order chi connectivity index (χ0) is 16.6. The van der Waals surface area contributed by atoms with Crippen LogP contribution < -0.4 is 5.73 Å². The number of amides is 2. The Morgan fingerprint density at radius 2 is 2.13 bits per heavy atom. The highest BCUT2D eigenvalue weighted by atomic mass is 16.5. The molecule has 0 bridgehead atoms. The van der Waals surface area contributed by atoms with Gasteiger partial charge in [-0.05, 0) is 44.4 Å². The van der Waals surface area contributed by atoms with Crippen molar-refractivity contribution < 1.29 is 14.1 Å². The van der Waals surface area contributed by atoms with Crippen molar-refractivity contribution in [3.8, 4) is 11.1 Å². The Hall–Kier alpha value is -2.63. The van der Waals surface area contributed by atoms with Crippen LogP contribution in [0, 0.1) is 13.8 Å². The fraction of sp³-hybridized carbons (Fsp3) is 0.353. The molecule has 2 aromatic rings. The lowest BCUT2D eigenvalue weighted by molar-refractivity contribution is -0.121. The molecule has 1 aliphatic heterocycles. The smallest absolute Gasteiger partial charge is 0.254 e. The van der Waals surface area contributed by atoms with Gasteiger partial charge in [0.05, 0.1) is 5.69 Å². The molecular formula is C17H19N3O3. The van der Waals surface area contributed by atoms with Crippen LogP contribution in [0.15, 0.2) is 28.8 Å². The van der Waals surface area contributed by atoms with Crippen LogP contribution in [0.2, 0.25) is 0 Å². The number of carbonyl (C=O) groups excluding carboxylic acids is 2. The van der Waals surface area contributed by atoms with Gasteiger partial charge in [-0.25, -0.2) is 0 Å². The van der Waals surface area contributed by atoms with Crippen LogP contribution in [0.5, 0.6) is 0 Å². The van der Waals surface area contributed by atoms with Gasteiger partial charge in [-0.1, -0.05) is 17.3 Å². The molecule has 0 saturated carbocycles. The number of benzene rings is 1. The molecule has 0 radical (unpaired) electrons. The first-order valence-corrected chi connectivity index (χ1v) is 7.62. The Morgan fingerprint density at radius 1 is 1.35 bits per heavy atom. The zero-order valence-corrected chi connectivity index (χ0v) is 13.2. The second kappa shape index (κ2) is 5.87. The Labute approximate surface area is 134 Å². The van der Waals surface area contributed by atoms with Crippen molar-refractivity contribution in [2.45, 2.75) is 32.7 Å². The van der Waals surface area contributed by atoms with Gasteiger partial charge < -0.3 is 15.2 Å². The number of aromatic nitrogens is 1. The van der Waals surface area contributed by atoms with Crippen LogP contribution in [0.3, 0.4) is 0 Å². The lowest BCUT2D eigenvalue weighted by Crippen LogP contribution is -2.43. The Bertz CT molecular complexity index is 747. The maximum Gasteiger partial charge on any atom is 0.254 e. The van der Waals surface area contributed by atoms with Crippen LogP contribution in [0.4, 0.5) is 0 Å². The molecule has 3 rings (SSSR count). The normalized spacial score (nSPS) is 17.5. The summed E-state index contributed by atoms with van der Waals surface area (Å²) in [6, 6.07) is 6.79. The van der Waals surface area contributed by atoms with E-state index >= 15 is 0 Å². The molecule has 0 spiro atoms. The van der Waals surface area contributed by atoms with Gasteiger partial charge in [0.15, 0.2) is 0 Å². The predicted molar refractivity (Wildman–Crippen MR) is 84.7 cm³/mol. The quantitative estimate of drug-likeness (QED) is 0.939. The molecule has 1 atom stereocenters. The number of primary amides is 1. The summed E-state index contributed by atoms with van der Waals surface area (Å²) in [6.07, 6.45) is 1.42. The summed E-state index contributed by atoms with van der Waals surface area (Å²) in [5.41, 5.74) is 8.49. The number of hydrogen-bond acceptors (Lipinski definition) is 4. The number of aryl methyl sites for hydroxylation is 2. The Morgan fingerprint density at radius 3 is 2.78 bits per heavy atom. The van der Waals surface area contributed by atoms with Crippen molar-refractivity contribution in [1.82, 2.24) is 10.1 Å². The maximum atomic E-state index is 12.7. The van der Waals surface area contributed by atoms with E-state index < -0.39 is 11.9 Å². The van der Waals surface area contributed by atoms with E-state index in [4.69, 9.17) is 10.3 Å². The van der Waals surface area contributed by atoms with E-state index in [-0.39, 0.29) is 5.91 Å².